The Morgan fingerprint density at radius 1 is 1.50 bits per heavy atom. The SMILES string of the molecule is CC1CC=C(N(C)C)CC1. The van der Waals surface area contributed by atoms with Gasteiger partial charge in [0.15, 0.2) is 0 Å². The maximum atomic E-state index is 2.37. The summed E-state index contributed by atoms with van der Waals surface area (Å²) in [7, 11) is 4.25. The van der Waals surface area contributed by atoms with Gasteiger partial charge in [-0.1, -0.05) is 13.0 Å². The van der Waals surface area contributed by atoms with Crippen LogP contribution in [0.5, 0.6) is 0 Å². The van der Waals surface area contributed by atoms with E-state index in [0.717, 1.165) is 5.92 Å². The van der Waals surface area contributed by atoms with E-state index in [0.29, 0.717) is 0 Å². The van der Waals surface area contributed by atoms with Crippen molar-refractivity contribution in [3.63, 3.8) is 0 Å². The molecular weight excluding hydrogens is 122 g/mol. The van der Waals surface area contributed by atoms with Crippen LogP contribution in [0.25, 0.3) is 0 Å². The first-order valence-corrected chi connectivity index (χ1v) is 4.06. The Morgan fingerprint density at radius 2 is 2.20 bits per heavy atom. The van der Waals surface area contributed by atoms with E-state index >= 15 is 0 Å². The first-order chi connectivity index (χ1) is 4.70. The summed E-state index contributed by atoms with van der Waals surface area (Å²) in [5.74, 6) is 0.906. The first kappa shape index (κ1) is 7.64. The summed E-state index contributed by atoms with van der Waals surface area (Å²) in [5.41, 5.74) is 1.51. The lowest BCUT2D eigenvalue weighted by Gasteiger charge is -2.23. The Bertz CT molecular complexity index is 136. The van der Waals surface area contributed by atoms with Crippen molar-refractivity contribution in [2.24, 2.45) is 5.92 Å². The predicted molar refractivity (Wildman–Crippen MR) is 44.8 cm³/mol. The highest BCUT2D eigenvalue weighted by molar-refractivity contribution is 5.03. The van der Waals surface area contributed by atoms with Crippen molar-refractivity contribution < 1.29 is 0 Å². The average molecular weight is 139 g/mol. The second kappa shape index (κ2) is 3.09. The molecule has 0 aromatic rings. The minimum absolute atomic E-state index is 0.906. The third kappa shape index (κ3) is 1.76. The fourth-order valence-electron chi connectivity index (χ4n) is 1.36. The third-order valence-electron chi connectivity index (χ3n) is 2.22. The number of hydrogen-bond acceptors (Lipinski definition) is 1. The molecule has 0 amide bonds. The van der Waals surface area contributed by atoms with E-state index in [2.05, 4.69) is 32.0 Å². The van der Waals surface area contributed by atoms with Gasteiger partial charge in [0.05, 0.1) is 0 Å². The molecule has 0 spiro atoms. The van der Waals surface area contributed by atoms with Crippen LogP contribution in [0, 0.1) is 5.92 Å². The summed E-state index contributed by atoms with van der Waals surface area (Å²) in [5, 5.41) is 0. The normalized spacial score (nSPS) is 25.9. The van der Waals surface area contributed by atoms with Gasteiger partial charge in [-0.25, -0.2) is 0 Å². The van der Waals surface area contributed by atoms with Crippen molar-refractivity contribution in [2.45, 2.75) is 26.2 Å². The molecule has 1 unspecified atom stereocenters. The van der Waals surface area contributed by atoms with Crippen molar-refractivity contribution in [2.75, 3.05) is 14.1 Å². The summed E-state index contributed by atoms with van der Waals surface area (Å²) in [4.78, 5) is 2.23. The number of nitrogens with zero attached hydrogens (tertiary/aromatic N) is 1. The van der Waals surface area contributed by atoms with Crippen LogP contribution < -0.4 is 0 Å². The third-order valence-corrected chi connectivity index (χ3v) is 2.22. The van der Waals surface area contributed by atoms with Crippen LogP contribution in [0.2, 0.25) is 0 Å². The van der Waals surface area contributed by atoms with Crippen molar-refractivity contribution in [1.29, 1.82) is 0 Å². The molecule has 10 heavy (non-hydrogen) atoms. The molecule has 1 heteroatoms. The molecule has 0 heterocycles. The van der Waals surface area contributed by atoms with Gasteiger partial charge >= 0.3 is 0 Å². The molecule has 1 atom stereocenters. The minimum atomic E-state index is 0.906. The Morgan fingerprint density at radius 3 is 2.60 bits per heavy atom. The largest absolute Gasteiger partial charge is 0.381 e. The van der Waals surface area contributed by atoms with Crippen LogP contribution in [-0.2, 0) is 0 Å². The summed E-state index contributed by atoms with van der Waals surface area (Å²) in [6.45, 7) is 2.32. The van der Waals surface area contributed by atoms with Crippen LogP contribution in [0.3, 0.4) is 0 Å². The van der Waals surface area contributed by atoms with Crippen molar-refractivity contribution in [3.8, 4) is 0 Å². The van der Waals surface area contributed by atoms with Gasteiger partial charge < -0.3 is 4.90 Å². The van der Waals surface area contributed by atoms with Crippen LogP contribution >= 0.6 is 0 Å². The maximum Gasteiger partial charge on any atom is 0.00871 e. The smallest absolute Gasteiger partial charge is 0.00871 e. The highest BCUT2D eigenvalue weighted by atomic mass is 15.1. The molecule has 0 saturated heterocycles. The topological polar surface area (TPSA) is 3.24 Å². The highest BCUT2D eigenvalue weighted by Gasteiger charge is 2.10. The van der Waals surface area contributed by atoms with E-state index in [1.54, 1.807) is 0 Å². The van der Waals surface area contributed by atoms with Crippen LogP contribution in [-0.4, -0.2) is 19.0 Å². The van der Waals surface area contributed by atoms with Gasteiger partial charge in [-0.05, 0) is 25.2 Å². The lowest BCUT2D eigenvalue weighted by molar-refractivity contribution is 0.417. The molecule has 0 fully saturated rings. The summed E-state index contributed by atoms with van der Waals surface area (Å²) >= 11 is 0. The molecule has 0 radical (unpaired) electrons. The fourth-order valence-corrected chi connectivity index (χ4v) is 1.36. The van der Waals surface area contributed by atoms with Gasteiger partial charge in [-0.3, -0.25) is 0 Å². The standard InChI is InChI=1S/C9H17N/c1-8-4-6-9(7-5-8)10(2)3/h6,8H,4-5,7H2,1-3H3. The van der Waals surface area contributed by atoms with Crippen LogP contribution in [0.15, 0.2) is 11.8 Å². The Kier molecular flexibility index (Phi) is 2.36. The Labute approximate surface area is 63.7 Å². The van der Waals surface area contributed by atoms with Gasteiger partial charge in [0, 0.05) is 19.8 Å². The minimum Gasteiger partial charge on any atom is -0.381 e. The summed E-state index contributed by atoms with van der Waals surface area (Å²) < 4.78 is 0. The van der Waals surface area contributed by atoms with Gasteiger partial charge in [-0.15, -0.1) is 0 Å². The summed E-state index contributed by atoms with van der Waals surface area (Å²) in [6.07, 6.45) is 6.28. The molecule has 58 valence electrons. The molecule has 1 rings (SSSR count). The van der Waals surface area contributed by atoms with E-state index in [-0.39, 0.29) is 0 Å². The second-order valence-electron chi connectivity index (χ2n) is 3.47. The Hall–Kier alpha value is -0.460. The molecule has 0 bridgehead atoms. The zero-order valence-corrected chi connectivity index (χ0v) is 7.22. The number of hydrogen-bond donors (Lipinski definition) is 0. The van der Waals surface area contributed by atoms with Crippen molar-refractivity contribution in [1.82, 2.24) is 4.90 Å². The van der Waals surface area contributed by atoms with E-state index < -0.39 is 0 Å². The van der Waals surface area contributed by atoms with Gasteiger partial charge in [-0.2, -0.15) is 0 Å². The number of rotatable bonds is 1. The molecule has 1 aliphatic rings. The fraction of sp³-hybridized carbons (Fsp3) is 0.778. The van der Waals surface area contributed by atoms with Gasteiger partial charge in [0.1, 0.15) is 0 Å². The van der Waals surface area contributed by atoms with Crippen molar-refractivity contribution in [3.05, 3.63) is 11.8 Å². The molecule has 1 aliphatic carbocycles. The van der Waals surface area contributed by atoms with Gasteiger partial charge in [0.2, 0.25) is 0 Å². The zero-order chi connectivity index (χ0) is 7.56. The molecule has 0 saturated carbocycles. The van der Waals surface area contributed by atoms with E-state index in [1.807, 2.05) is 0 Å². The molecular formula is C9H17N. The predicted octanol–water partition coefficient (Wildman–Crippen LogP) is 2.25. The maximum absolute atomic E-state index is 2.37. The quantitative estimate of drug-likeness (QED) is 0.538. The number of allylic oxidation sites excluding steroid dienone is 2. The second-order valence-corrected chi connectivity index (χ2v) is 3.47. The van der Waals surface area contributed by atoms with Gasteiger partial charge in [0.25, 0.3) is 0 Å². The molecule has 1 nitrogen and oxygen atoms in total. The lowest BCUT2D eigenvalue weighted by atomic mass is 9.94. The van der Waals surface area contributed by atoms with E-state index in [4.69, 9.17) is 0 Å². The molecule has 0 N–H and O–H groups in total. The molecule has 0 aliphatic heterocycles. The monoisotopic (exact) mass is 139 g/mol. The lowest BCUT2D eigenvalue weighted by Crippen LogP contribution is -2.15. The van der Waals surface area contributed by atoms with E-state index in [1.165, 1.54) is 25.0 Å². The van der Waals surface area contributed by atoms with Crippen molar-refractivity contribution >= 4 is 0 Å². The Balaban J connectivity index is 2.48. The van der Waals surface area contributed by atoms with E-state index in [9.17, 15) is 0 Å². The summed E-state index contributed by atoms with van der Waals surface area (Å²) in [6, 6.07) is 0. The first-order valence-electron chi connectivity index (χ1n) is 4.06. The van der Waals surface area contributed by atoms with Crippen LogP contribution in [0.4, 0.5) is 0 Å². The molecule has 0 aromatic carbocycles. The average Bonchev–Trinajstić information content (AvgIpc) is 1.88. The van der Waals surface area contributed by atoms with Crippen LogP contribution in [0.1, 0.15) is 26.2 Å². The zero-order valence-electron chi connectivity index (χ0n) is 7.22. The molecule has 0 aromatic heterocycles. The highest BCUT2D eigenvalue weighted by Crippen LogP contribution is 2.23.